The second-order valence-corrected chi connectivity index (χ2v) is 6.32. The van der Waals surface area contributed by atoms with Gasteiger partial charge in [0.25, 0.3) is 5.91 Å². The van der Waals surface area contributed by atoms with E-state index in [0.29, 0.717) is 31.9 Å². The smallest absolute Gasteiger partial charge is 0.252 e. The molecule has 2 amide bonds. The quantitative estimate of drug-likeness (QED) is 0.699. The van der Waals surface area contributed by atoms with E-state index in [1.807, 2.05) is 39.0 Å². The first kappa shape index (κ1) is 21.1. The van der Waals surface area contributed by atoms with Gasteiger partial charge in [-0.25, -0.2) is 0 Å². The molecule has 0 spiro atoms. The number of carbonyl (C=O) groups excluding carboxylic acids is 2. The van der Waals surface area contributed by atoms with Crippen molar-refractivity contribution in [2.24, 2.45) is 5.92 Å². The summed E-state index contributed by atoms with van der Waals surface area (Å²) in [6, 6.07) is 6.75. The number of hydrogen-bond donors (Lipinski definition) is 1. The third kappa shape index (κ3) is 6.48. The molecule has 140 valence electrons. The number of nitrogens with zero attached hydrogens (tertiary/aromatic N) is 1. The molecule has 1 atom stereocenters. The molecule has 0 bridgehead atoms. The number of carbonyl (C=O) groups is 2. The molecule has 0 aromatic heterocycles. The Kier molecular flexibility index (Phi) is 9.16. The lowest BCUT2D eigenvalue weighted by Gasteiger charge is -2.29. The second-order valence-electron chi connectivity index (χ2n) is 6.32. The van der Waals surface area contributed by atoms with Crippen molar-refractivity contribution in [3.63, 3.8) is 0 Å². The van der Waals surface area contributed by atoms with E-state index in [-0.39, 0.29) is 17.7 Å². The lowest BCUT2D eigenvalue weighted by Crippen LogP contribution is -2.52. The highest BCUT2D eigenvalue weighted by molar-refractivity contribution is 5.98. The van der Waals surface area contributed by atoms with Crippen molar-refractivity contribution in [3.05, 3.63) is 35.4 Å². The second kappa shape index (κ2) is 10.8. The molecule has 1 rings (SSSR count). The topological polar surface area (TPSA) is 67.9 Å². The Morgan fingerprint density at radius 2 is 1.64 bits per heavy atom. The molecule has 0 saturated carbocycles. The van der Waals surface area contributed by atoms with E-state index < -0.39 is 6.04 Å². The highest BCUT2D eigenvalue weighted by Crippen LogP contribution is 2.11. The van der Waals surface area contributed by atoms with E-state index in [9.17, 15) is 9.59 Å². The number of rotatable bonds is 10. The first-order valence-corrected chi connectivity index (χ1v) is 8.55. The maximum Gasteiger partial charge on any atom is 0.252 e. The molecule has 0 fully saturated rings. The molecule has 1 aromatic carbocycles. The molecule has 0 heterocycles. The first-order valence-electron chi connectivity index (χ1n) is 8.55. The van der Waals surface area contributed by atoms with Crippen LogP contribution in [0.5, 0.6) is 0 Å². The van der Waals surface area contributed by atoms with Crippen molar-refractivity contribution in [3.8, 4) is 0 Å². The van der Waals surface area contributed by atoms with Crippen molar-refractivity contribution in [2.75, 3.05) is 40.5 Å². The van der Waals surface area contributed by atoms with Crippen LogP contribution in [-0.2, 0) is 14.3 Å². The minimum Gasteiger partial charge on any atom is -0.383 e. The average molecular weight is 350 g/mol. The maximum absolute atomic E-state index is 12.9. The number of nitrogens with one attached hydrogen (secondary N) is 1. The summed E-state index contributed by atoms with van der Waals surface area (Å²) in [5.41, 5.74) is 1.46. The summed E-state index contributed by atoms with van der Waals surface area (Å²) in [6.45, 7) is 7.52. The number of amides is 2. The molecule has 25 heavy (non-hydrogen) atoms. The summed E-state index contributed by atoms with van der Waals surface area (Å²) in [4.78, 5) is 27.2. The van der Waals surface area contributed by atoms with Crippen molar-refractivity contribution in [1.82, 2.24) is 10.2 Å². The third-order valence-electron chi connectivity index (χ3n) is 4.05. The summed E-state index contributed by atoms with van der Waals surface area (Å²) >= 11 is 0. The van der Waals surface area contributed by atoms with Crippen molar-refractivity contribution in [2.45, 2.75) is 26.8 Å². The predicted octanol–water partition coefficient (Wildman–Crippen LogP) is 1.87. The zero-order valence-electron chi connectivity index (χ0n) is 15.9. The van der Waals surface area contributed by atoms with Crippen LogP contribution in [0.15, 0.2) is 24.3 Å². The fourth-order valence-electron chi connectivity index (χ4n) is 2.49. The van der Waals surface area contributed by atoms with Gasteiger partial charge in [0.2, 0.25) is 5.91 Å². The Morgan fingerprint density at radius 3 is 2.12 bits per heavy atom. The van der Waals surface area contributed by atoms with Crippen LogP contribution in [0.4, 0.5) is 0 Å². The number of benzene rings is 1. The van der Waals surface area contributed by atoms with E-state index in [1.54, 1.807) is 25.2 Å². The summed E-state index contributed by atoms with van der Waals surface area (Å²) in [7, 11) is 3.19. The van der Waals surface area contributed by atoms with Crippen LogP contribution < -0.4 is 5.32 Å². The van der Waals surface area contributed by atoms with Crippen LogP contribution in [0.3, 0.4) is 0 Å². The Hall–Kier alpha value is -1.92. The van der Waals surface area contributed by atoms with Gasteiger partial charge in [-0.3, -0.25) is 9.59 Å². The monoisotopic (exact) mass is 350 g/mol. The minimum absolute atomic E-state index is 0.0342. The molecule has 6 nitrogen and oxygen atoms in total. The molecule has 0 unspecified atom stereocenters. The van der Waals surface area contributed by atoms with Crippen LogP contribution in [0.1, 0.15) is 29.8 Å². The molecular weight excluding hydrogens is 320 g/mol. The minimum atomic E-state index is -0.596. The number of methoxy groups -OCH3 is 2. The van der Waals surface area contributed by atoms with Crippen LogP contribution >= 0.6 is 0 Å². The van der Waals surface area contributed by atoms with Gasteiger partial charge in [-0.15, -0.1) is 0 Å². The Balaban J connectivity index is 2.90. The molecule has 6 heteroatoms. The van der Waals surface area contributed by atoms with Gasteiger partial charge in [-0.05, 0) is 24.5 Å². The fraction of sp³-hybridized carbons (Fsp3) is 0.579. The van der Waals surface area contributed by atoms with E-state index in [4.69, 9.17) is 9.47 Å². The van der Waals surface area contributed by atoms with Gasteiger partial charge in [0, 0.05) is 32.9 Å². The molecule has 0 saturated heterocycles. The summed E-state index contributed by atoms with van der Waals surface area (Å²) < 4.78 is 10.2. The zero-order valence-corrected chi connectivity index (χ0v) is 15.9. The molecule has 0 radical (unpaired) electrons. The van der Waals surface area contributed by atoms with E-state index in [2.05, 4.69) is 5.32 Å². The van der Waals surface area contributed by atoms with Gasteiger partial charge in [0.05, 0.1) is 13.2 Å². The van der Waals surface area contributed by atoms with Crippen molar-refractivity contribution in [1.29, 1.82) is 0 Å². The van der Waals surface area contributed by atoms with Gasteiger partial charge in [-0.2, -0.15) is 0 Å². The van der Waals surface area contributed by atoms with Crippen LogP contribution in [0, 0.1) is 12.8 Å². The summed E-state index contributed by atoms with van der Waals surface area (Å²) in [5, 5.41) is 2.89. The lowest BCUT2D eigenvalue weighted by molar-refractivity contribution is -0.135. The molecule has 0 aliphatic carbocycles. The normalized spacial score (nSPS) is 12.1. The van der Waals surface area contributed by atoms with Crippen LogP contribution in [0.2, 0.25) is 0 Å². The SMILES string of the molecule is COCCN(CCOC)C(=O)[C@@H](NC(=O)c1ccccc1C)C(C)C. The Labute approximate surface area is 150 Å². The highest BCUT2D eigenvalue weighted by atomic mass is 16.5. The summed E-state index contributed by atoms with van der Waals surface area (Å²) in [5.74, 6) is -0.386. The van der Waals surface area contributed by atoms with Gasteiger partial charge in [0.15, 0.2) is 0 Å². The first-order chi connectivity index (χ1) is 11.9. The third-order valence-corrected chi connectivity index (χ3v) is 4.05. The predicted molar refractivity (Wildman–Crippen MR) is 97.6 cm³/mol. The molecule has 0 aliphatic rings. The lowest BCUT2D eigenvalue weighted by atomic mass is 10.0. The number of ether oxygens (including phenoxy) is 2. The van der Waals surface area contributed by atoms with Crippen LogP contribution in [-0.4, -0.2) is 63.3 Å². The molecule has 1 aromatic rings. The zero-order chi connectivity index (χ0) is 18.8. The molecular formula is C19H30N2O4. The van der Waals surface area contributed by atoms with Gasteiger partial charge >= 0.3 is 0 Å². The average Bonchev–Trinajstić information content (AvgIpc) is 2.59. The van der Waals surface area contributed by atoms with Crippen molar-refractivity contribution < 1.29 is 19.1 Å². The van der Waals surface area contributed by atoms with Gasteiger partial charge < -0.3 is 19.7 Å². The number of aryl methyl sites for hydroxylation is 1. The fourth-order valence-corrected chi connectivity index (χ4v) is 2.49. The molecule has 1 N–H and O–H groups in total. The van der Waals surface area contributed by atoms with E-state index in [1.165, 1.54) is 0 Å². The standard InChI is InChI=1S/C19H30N2O4/c1-14(2)17(19(23)21(10-12-24-4)11-13-25-5)20-18(22)16-9-7-6-8-15(16)3/h6-9,14,17H,10-13H2,1-5H3,(H,20,22)/t17-/m0/s1. The Bertz CT molecular complexity index is 552. The summed E-state index contributed by atoms with van der Waals surface area (Å²) in [6.07, 6.45) is 0. The Morgan fingerprint density at radius 1 is 1.08 bits per heavy atom. The molecule has 0 aliphatic heterocycles. The largest absolute Gasteiger partial charge is 0.383 e. The highest BCUT2D eigenvalue weighted by Gasteiger charge is 2.29. The van der Waals surface area contributed by atoms with Crippen LogP contribution in [0.25, 0.3) is 0 Å². The van der Waals surface area contributed by atoms with Gasteiger partial charge in [0.1, 0.15) is 6.04 Å². The van der Waals surface area contributed by atoms with Gasteiger partial charge in [-0.1, -0.05) is 32.0 Å². The number of hydrogen-bond acceptors (Lipinski definition) is 4. The van der Waals surface area contributed by atoms with E-state index >= 15 is 0 Å². The van der Waals surface area contributed by atoms with Crippen molar-refractivity contribution >= 4 is 11.8 Å². The maximum atomic E-state index is 12.9. The van der Waals surface area contributed by atoms with E-state index in [0.717, 1.165) is 5.56 Å².